The van der Waals surface area contributed by atoms with Crippen LogP contribution in [0.3, 0.4) is 0 Å². The zero-order chi connectivity index (χ0) is 19.6. The normalized spacial score (nSPS) is 11.0. The number of nitrogens with zero attached hydrogens (tertiary/aromatic N) is 2. The van der Waals surface area contributed by atoms with Crippen LogP contribution in [0.25, 0.3) is 22.4 Å². The minimum absolute atomic E-state index is 0.0124. The Hall–Kier alpha value is -2.73. The lowest BCUT2D eigenvalue weighted by Crippen LogP contribution is -2.11. The lowest BCUT2D eigenvalue weighted by Gasteiger charge is -2.13. The Morgan fingerprint density at radius 3 is 2.19 bits per heavy atom. The standard InChI is InChI=1S/C19H14BrN3O3S/c1-26-19-14(11-21)10-17(12-4-8-16(9-5-12)27(22,24)25)18(23-19)13-2-6-15(20)7-3-13/h2-10H,1H3,(H2,22,24,25). The molecule has 0 atom stereocenters. The van der Waals surface area contributed by atoms with E-state index in [1.165, 1.54) is 19.2 Å². The molecule has 27 heavy (non-hydrogen) atoms. The lowest BCUT2D eigenvalue weighted by molar-refractivity contribution is 0.397. The van der Waals surface area contributed by atoms with E-state index in [0.717, 1.165) is 10.0 Å². The van der Waals surface area contributed by atoms with E-state index in [2.05, 4.69) is 27.0 Å². The Labute approximate surface area is 165 Å². The fraction of sp³-hybridized carbons (Fsp3) is 0.0526. The molecular formula is C19H14BrN3O3S. The predicted molar refractivity (Wildman–Crippen MR) is 105 cm³/mol. The van der Waals surface area contributed by atoms with Gasteiger partial charge in [-0.05, 0) is 35.9 Å². The molecule has 2 aromatic carbocycles. The minimum Gasteiger partial charge on any atom is -0.480 e. The van der Waals surface area contributed by atoms with Crippen LogP contribution < -0.4 is 9.88 Å². The molecule has 6 nitrogen and oxygen atoms in total. The van der Waals surface area contributed by atoms with Gasteiger partial charge in [-0.25, -0.2) is 18.5 Å². The van der Waals surface area contributed by atoms with Crippen molar-refractivity contribution in [1.29, 1.82) is 5.26 Å². The van der Waals surface area contributed by atoms with E-state index in [9.17, 15) is 13.7 Å². The second-order valence-corrected chi connectivity index (χ2v) is 8.11. The van der Waals surface area contributed by atoms with Gasteiger partial charge in [0.2, 0.25) is 15.9 Å². The summed E-state index contributed by atoms with van der Waals surface area (Å²) in [5.41, 5.74) is 3.10. The largest absolute Gasteiger partial charge is 0.480 e. The van der Waals surface area contributed by atoms with Crippen molar-refractivity contribution in [2.45, 2.75) is 4.90 Å². The maximum absolute atomic E-state index is 11.5. The first-order valence-electron chi connectivity index (χ1n) is 7.72. The smallest absolute Gasteiger partial charge is 0.238 e. The van der Waals surface area contributed by atoms with Gasteiger partial charge in [-0.3, -0.25) is 0 Å². The molecule has 0 spiro atoms. The number of primary sulfonamides is 1. The van der Waals surface area contributed by atoms with E-state index in [4.69, 9.17) is 9.88 Å². The SMILES string of the molecule is COc1nc(-c2ccc(Br)cc2)c(-c2ccc(S(N)(=O)=O)cc2)cc1C#N. The minimum atomic E-state index is -3.79. The lowest BCUT2D eigenvalue weighted by atomic mass is 9.98. The van der Waals surface area contributed by atoms with Crippen molar-refractivity contribution in [2.24, 2.45) is 5.14 Å². The molecule has 8 heteroatoms. The molecule has 0 aliphatic rings. The molecule has 0 aliphatic heterocycles. The van der Waals surface area contributed by atoms with E-state index in [1.807, 2.05) is 24.3 Å². The van der Waals surface area contributed by atoms with E-state index in [0.29, 0.717) is 16.8 Å². The van der Waals surface area contributed by atoms with Crippen LogP contribution in [-0.2, 0) is 10.0 Å². The zero-order valence-electron chi connectivity index (χ0n) is 14.2. The molecule has 0 radical (unpaired) electrons. The Bertz CT molecular complexity index is 1140. The number of hydrogen-bond donors (Lipinski definition) is 1. The Balaban J connectivity index is 2.24. The fourth-order valence-electron chi connectivity index (χ4n) is 2.60. The number of sulfonamides is 1. The third-order valence-corrected chi connectivity index (χ3v) is 5.37. The van der Waals surface area contributed by atoms with Crippen LogP contribution in [0.4, 0.5) is 0 Å². The molecule has 0 saturated heterocycles. The van der Waals surface area contributed by atoms with Crippen molar-refractivity contribution in [3.63, 3.8) is 0 Å². The molecule has 2 N–H and O–H groups in total. The average Bonchev–Trinajstić information content (AvgIpc) is 2.67. The summed E-state index contributed by atoms with van der Waals surface area (Å²) in [6.07, 6.45) is 0. The number of pyridine rings is 1. The molecular weight excluding hydrogens is 430 g/mol. The molecule has 1 aromatic heterocycles. The summed E-state index contributed by atoms with van der Waals surface area (Å²) < 4.78 is 29.1. The Morgan fingerprint density at radius 1 is 1.07 bits per heavy atom. The van der Waals surface area contributed by atoms with Crippen molar-refractivity contribution in [2.75, 3.05) is 7.11 Å². The van der Waals surface area contributed by atoms with Gasteiger partial charge in [-0.1, -0.05) is 40.2 Å². The van der Waals surface area contributed by atoms with Crippen LogP contribution in [0.1, 0.15) is 5.56 Å². The number of hydrogen-bond acceptors (Lipinski definition) is 5. The second-order valence-electron chi connectivity index (χ2n) is 5.63. The maximum Gasteiger partial charge on any atom is 0.238 e. The summed E-state index contributed by atoms with van der Waals surface area (Å²) in [6.45, 7) is 0. The molecule has 3 aromatic rings. The van der Waals surface area contributed by atoms with Gasteiger partial charge in [-0.15, -0.1) is 0 Å². The van der Waals surface area contributed by atoms with Gasteiger partial charge in [0.05, 0.1) is 17.7 Å². The van der Waals surface area contributed by atoms with Crippen molar-refractivity contribution >= 4 is 26.0 Å². The highest BCUT2D eigenvalue weighted by atomic mass is 79.9. The summed E-state index contributed by atoms with van der Waals surface area (Å²) in [6, 6.07) is 17.4. The van der Waals surface area contributed by atoms with Gasteiger partial charge in [0, 0.05) is 15.6 Å². The van der Waals surface area contributed by atoms with Gasteiger partial charge in [0.15, 0.2) is 0 Å². The van der Waals surface area contributed by atoms with Crippen molar-refractivity contribution in [3.05, 3.63) is 64.6 Å². The van der Waals surface area contributed by atoms with Crippen molar-refractivity contribution in [3.8, 4) is 34.3 Å². The monoisotopic (exact) mass is 443 g/mol. The van der Waals surface area contributed by atoms with Crippen LogP contribution in [0.5, 0.6) is 5.88 Å². The number of nitriles is 1. The van der Waals surface area contributed by atoms with Crippen LogP contribution in [0.2, 0.25) is 0 Å². The summed E-state index contributed by atoms with van der Waals surface area (Å²) in [7, 11) is -2.33. The van der Waals surface area contributed by atoms with E-state index in [-0.39, 0.29) is 16.3 Å². The number of ether oxygens (including phenoxy) is 1. The first-order valence-corrected chi connectivity index (χ1v) is 10.1. The second kappa shape index (κ2) is 7.48. The summed E-state index contributed by atoms with van der Waals surface area (Å²) >= 11 is 3.40. The highest BCUT2D eigenvalue weighted by Crippen LogP contribution is 2.35. The quantitative estimate of drug-likeness (QED) is 0.661. The number of rotatable bonds is 4. The predicted octanol–water partition coefficient (Wildman–Crippen LogP) is 3.71. The van der Waals surface area contributed by atoms with Crippen LogP contribution >= 0.6 is 15.9 Å². The van der Waals surface area contributed by atoms with E-state index >= 15 is 0 Å². The van der Waals surface area contributed by atoms with E-state index in [1.54, 1.807) is 18.2 Å². The van der Waals surface area contributed by atoms with Gasteiger partial charge < -0.3 is 4.74 Å². The third kappa shape index (κ3) is 4.01. The highest BCUT2D eigenvalue weighted by Gasteiger charge is 2.16. The molecule has 1 heterocycles. The summed E-state index contributed by atoms with van der Waals surface area (Å²) in [4.78, 5) is 4.52. The van der Waals surface area contributed by atoms with Gasteiger partial charge >= 0.3 is 0 Å². The number of halogens is 1. The molecule has 136 valence electrons. The number of benzene rings is 2. The van der Waals surface area contributed by atoms with Gasteiger partial charge in [0.25, 0.3) is 0 Å². The van der Waals surface area contributed by atoms with Crippen LogP contribution in [-0.4, -0.2) is 20.5 Å². The summed E-state index contributed by atoms with van der Waals surface area (Å²) in [5.74, 6) is 0.223. The molecule has 0 amide bonds. The highest BCUT2D eigenvalue weighted by molar-refractivity contribution is 9.10. The maximum atomic E-state index is 11.5. The Kier molecular flexibility index (Phi) is 5.28. The third-order valence-electron chi connectivity index (χ3n) is 3.91. The Morgan fingerprint density at radius 2 is 1.67 bits per heavy atom. The molecule has 0 saturated carbocycles. The van der Waals surface area contributed by atoms with Gasteiger partial charge in [-0.2, -0.15) is 5.26 Å². The molecule has 0 bridgehead atoms. The average molecular weight is 444 g/mol. The van der Waals surface area contributed by atoms with E-state index < -0.39 is 10.0 Å². The van der Waals surface area contributed by atoms with Crippen molar-refractivity contribution < 1.29 is 13.2 Å². The topological polar surface area (TPSA) is 106 Å². The molecule has 3 rings (SSSR count). The zero-order valence-corrected chi connectivity index (χ0v) is 16.6. The molecule has 0 aliphatic carbocycles. The fourth-order valence-corrected chi connectivity index (χ4v) is 3.38. The van der Waals surface area contributed by atoms with Crippen LogP contribution in [0.15, 0.2) is 64.0 Å². The van der Waals surface area contributed by atoms with Gasteiger partial charge in [0.1, 0.15) is 11.6 Å². The number of nitrogens with two attached hydrogens (primary N) is 1. The first-order chi connectivity index (χ1) is 12.8. The number of aromatic nitrogens is 1. The number of methoxy groups -OCH3 is 1. The molecule has 0 unspecified atom stereocenters. The molecule has 0 fully saturated rings. The first kappa shape index (κ1) is 19.0. The summed E-state index contributed by atoms with van der Waals surface area (Å²) in [5, 5.41) is 14.6. The van der Waals surface area contributed by atoms with Crippen LogP contribution in [0, 0.1) is 11.3 Å². The van der Waals surface area contributed by atoms with Crippen molar-refractivity contribution in [1.82, 2.24) is 4.98 Å².